The SMILES string of the molecule is Cc1ccnn1CC(=O)Nc1ccn(Cc2ccc(F)cc2)n1. The van der Waals surface area contributed by atoms with Crippen molar-refractivity contribution in [2.45, 2.75) is 20.0 Å². The first-order chi connectivity index (χ1) is 11.1. The number of anilines is 1. The van der Waals surface area contributed by atoms with Crippen LogP contribution in [0.25, 0.3) is 0 Å². The number of carbonyl (C=O) groups is 1. The minimum absolute atomic E-state index is 0.143. The van der Waals surface area contributed by atoms with E-state index < -0.39 is 0 Å². The summed E-state index contributed by atoms with van der Waals surface area (Å²) in [6, 6.07) is 9.79. The Kier molecular flexibility index (Phi) is 4.18. The summed E-state index contributed by atoms with van der Waals surface area (Å²) in [4.78, 5) is 12.0. The zero-order valence-electron chi connectivity index (χ0n) is 12.6. The largest absolute Gasteiger partial charge is 0.308 e. The van der Waals surface area contributed by atoms with Crippen molar-refractivity contribution in [1.82, 2.24) is 19.6 Å². The molecule has 0 fully saturated rings. The van der Waals surface area contributed by atoms with Crippen LogP contribution < -0.4 is 5.32 Å². The first-order valence-corrected chi connectivity index (χ1v) is 7.16. The summed E-state index contributed by atoms with van der Waals surface area (Å²) < 4.78 is 16.2. The molecule has 2 heterocycles. The Morgan fingerprint density at radius 3 is 2.70 bits per heavy atom. The molecule has 0 bridgehead atoms. The normalized spacial score (nSPS) is 10.7. The van der Waals surface area contributed by atoms with Crippen LogP contribution in [0, 0.1) is 12.7 Å². The zero-order chi connectivity index (χ0) is 16.2. The molecule has 1 amide bonds. The van der Waals surface area contributed by atoms with Gasteiger partial charge in [0.2, 0.25) is 5.91 Å². The highest BCUT2D eigenvalue weighted by Gasteiger charge is 2.08. The Balaban J connectivity index is 1.59. The van der Waals surface area contributed by atoms with Gasteiger partial charge in [0.25, 0.3) is 0 Å². The number of aryl methyl sites for hydroxylation is 1. The van der Waals surface area contributed by atoms with Crippen molar-refractivity contribution < 1.29 is 9.18 Å². The second-order valence-electron chi connectivity index (χ2n) is 5.20. The standard InChI is InChI=1S/C16H16FN5O/c1-12-6-8-18-22(12)11-16(23)19-15-7-9-21(20-15)10-13-2-4-14(17)5-3-13/h2-9H,10-11H2,1H3,(H,19,20,23). The summed E-state index contributed by atoms with van der Waals surface area (Å²) in [6.07, 6.45) is 3.41. The van der Waals surface area contributed by atoms with Crippen LogP contribution in [0.5, 0.6) is 0 Å². The Morgan fingerprint density at radius 1 is 1.22 bits per heavy atom. The first-order valence-electron chi connectivity index (χ1n) is 7.16. The molecule has 3 aromatic rings. The fraction of sp³-hybridized carbons (Fsp3) is 0.188. The smallest absolute Gasteiger partial charge is 0.247 e. The van der Waals surface area contributed by atoms with Gasteiger partial charge in [0.15, 0.2) is 5.82 Å². The van der Waals surface area contributed by atoms with Gasteiger partial charge in [-0.2, -0.15) is 10.2 Å². The van der Waals surface area contributed by atoms with Gasteiger partial charge < -0.3 is 5.32 Å². The highest BCUT2D eigenvalue weighted by molar-refractivity contribution is 5.89. The van der Waals surface area contributed by atoms with E-state index in [0.717, 1.165) is 11.3 Å². The molecule has 0 saturated heterocycles. The molecule has 7 heteroatoms. The van der Waals surface area contributed by atoms with E-state index in [4.69, 9.17) is 0 Å². The van der Waals surface area contributed by atoms with E-state index in [1.807, 2.05) is 13.0 Å². The van der Waals surface area contributed by atoms with Crippen molar-refractivity contribution in [3.8, 4) is 0 Å². The summed E-state index contributed by atoms with van der Waals surface area (Å²) in [5.74, 6) is 0.0156. The molecule has 23 heavy (non-hydrogen) atoms. The number of benzene rings is 1. The minimum Gasteiger partial charge on any atom is -0.308 e. The number of aromatic nitrogens is 4. The maximum atomic E-state index is 12.9. The molecular formula is C16H16FN5O. The number of hydrogen-bond donors (Lipinski definition) is 1. The van der Waals surface area contributed by atoms with Crippen LogP contribution in [0.4, 0.5) is 10.2 Å². The van der Waals surface area contributed by atoms with Crippen molar-refractivity contribution in [3.05, 3.63) is 65.9 Å². The molecule has 0 unspecified atom stereocenters. The van der Waals surface area contributed by atoms with E-state index in [-0.39, 0.29) is 18.3 Å². The third-order valence-electron chi connectivity index (χ3n) is 3.39. The maximum absolute atomic E-state index is 12.9. The zero-order valence-corrected chi connectivity index (χ0v) is 12.6. The van der Waals surface area contributed by atoms with Crippen LogP contribution in [-0.2, 0) is 17.9 Å². The topological polar surface area (TPSA) is 64.7 Å². The summed E-state index contributed by atoms with van der Waals surface area (Å²) >= 11 is 0. The monoisotopic (exact) mass is 313 g/mol. The molecule has 0 saturated carbocycles. The Morgan fingerprint density at radius 2 is 2.00 bits per heavy atom. The maximum Gasteiger partial charge on any atom is 0.247 e. The quantitative estimate of drug-likeness (QED) is 0.785. The van der Waals surface area contributed by atoms with Crippen LogP contribution in [0.1, 0.15) is 11.3 Å². The predicted molar refractivity (Wildman–Crippen MR) is 83.3 cm³/mol. The van der Waals surface area contributed by atoms with Gasteiger partial charge in [-0.25, -0.2) is 4.39 Å². The lowest BCUT2D eigenvalue weighted by Gasteiger charge is -2.05. The molecule has 2 aromatic heterocycles. The molecule has 118 valence electrons. The fourth-order valence-electron chi connectivity index (χ4n) is 2.18. The highest BCUT2D eigenvalue weighted by Crippen LogP contribution is 2.08. The number of halogens is 1. The molecule has 3 rings (SSSR count). The van der Waals surface area contributed by atoms with Gasteiger partial charge in [-0.05, 0) is 30.7 Å². The van der Waals surface area contributed by atoms with E-state index in [1.54, 1.807) is 40.0 Å². The Labute approximate surface area is 132 Å². The van der Waals surface area contributed by atoms with Crippen molar-refractivity contribution >= 4 is 11.7 Å². The van der Waals surface area contributed by atoms with Gasteiger partial charge in [0, 0.05) is 24.2 Å². The fourth-order valence-corrected chi connectivity index (χ4v) is 2.18. The average molecular weight is 313 g/mol. The van der Waals surface area contributed by atoms with Crippen molar-refractivity contribution in [1.29, 1.82) is 0 Å². The molecule has 0 aliphatic carbocycles. The van der Waals surface area contributed by atoms with Gasteiger partial charge in [-0.3, -0.25) is 14.2 Å². The summed E-state index contributed by atoms with van der Waals surface area (Å²) in [5.41, 5.74) is 1.85. The molecule has 0 radical (unpaired) electrons. The van der Waals surface area contributed by atoms with E-state index in [9.17, 15) is 9.18 Å². The van der Waals surface area contributed by atoms with E-state index in [1.165, 1.54) is 12.1 Å². The lowest BCUT2D eigenvalue weighted by molar-refractivity contribution is -0.117. The Bertz CT molecular complexity index is 806. The Hall–Kier alpha value is -2.96. The number of carbonyl (C=O) groups excluding carboxylic acids is 1. The second-order valence-corrected chi connectivity index (χ2v) is 5.20. The lowest BCUT2D eigenvalue weighted by atomic mass is 10.2. The number of rotatable bonds is 5. The van der Waals surface area contributed by atoms with Crippen molar-refractivity contribution in [3.63, 3.8) is 0 Å². The van der Waals surface area contributed by atoms with Crippen LogP contribution in [-0.4, -0.2) is 25.5 Å². The average Bonchev–Trinajstić information content (AvgIpc) is 3.11. The summed E-state index contributed by atoms with van der Waals surface area (Å²) in [5, 5.41) is 11.1. The third kappa shape index (κ3) is 3.82. The van der Waals surface area contributed by atoms with Crippen LogP contribution in [0.3, 0.4) is 0 Å². The molecular weight excluding hydrogens is 297 g/mol. The molecule has 0 atom stereocenters. The lowest BCUT2D eigenvalue weighted by Crippen LogP contribution is -2.20. The molecule has 1 aromatic carbocycles. The van der Waals surface area contributed by atoms with Gasteiger partial charge in [0.1, 0.15) is 12.4 Å². The van der Waals surface area contributed by atoms with Crippen LogP contribution >= 0.6 is 0 Å². The van der Waals surface area contributed by atoms with E-state index in [2.05, 4.69) is 15.5 Å². The van der Waals surface area contributed by atoms with E-state index in [0.29, 0.717) is 12.4 Å². The summed E-state index contributed by atoms with van der Waals surface area (Å²) in [6.45, 7) is 2.54. The van der Waals surface area contributed by atoms with Crippen molar-refractivity contribution in [2.24, 2.45) is 0 Å². The summed E-state index contributed by atoms with van der Waals surface area (Å²) in [7, 11) is 0. The second kappa shape index (κ2) is 6.43. The number of nitrogens with one attached hydrogen (secondary N) is 1. The van der Waals surface area contributed by atoms with Crippen LogP contribution in [0.2, 0.25) is 0 Å². The van der Waals surface area contributed by atoms with Crippen LogP contribution in [0.15, 0.2) is 48.8 Å². The number of nitrogens with zero attached hydrogens (tertiary/aromatic N) is 4. The van der Waals surface area contributed by atoms with Gasteiger partial charge in [0.05, 0.1) is 6.54 Å². The molecule has 6 nitrogen and oxygen atoms in total. The van der Waals surface area contributed by atoms with E-state index >= 15 is 0 Å². The predicted octanol–water partition coefficient (Wildman–Crippen LogP) is 2.21. The highest BCUT2D eigenvalue weighted by atomic mass is 19.1. The van der Waals surface area contributed by atoms with Crippen molar-refractivity contribution in [2.75, 3.05) is 5.32 Å². The molecule has 0 aliphatic heterocycles. The van der Waals surface area contributed by atoms with Gasteiger partial charge in [-0.15, -0.1) is 0 Å². The number of hydrogen-bond acceptors (Lipinski definition) is 3. The minimum atomic E-state index is -0.268. The third-order valence-corrected chi connectivity index (χ3v) is 3.39. The molecule has 1 N–H and O–H groups in total. The molecule has 0 spiro atoms. The van der Waals surface area contributed by atoms with Gasteiger partial charge in [-0.1, -0.05) is 12.1 Å². The number of amides is 1. The van der Waals surface area contributed by atoms with Gasteiger partial charge >= 0.3 is 0 Å². The first kappa shape index (κ1) is 15.0. The molecule has 0 aliphatic rings.